The number of carboxylic acids is 2. The lowest BCUT2D eigenvalue weighted by Crippen LogP contribution is -2.47. The van der Waals surface area contributed by atoms with Crippen LogP contribution in [0.5, 0.6) is 5.75 Å². The minimum atomic E-state index is -1.31. The van der Waals surface area contributed by atoms with Crippen molar-refractivity contribution in [2.75, 3.05) is 11.9 Å². The van der Waals surface area contributed by atoms with E-state index in [1.807, 2.05) is 0 Å². The van der Waals surface area contributed by atoms with Crippen LogP contribution in [0, 0.1) is 0 Å². The number of anilines is 1. The topological polar surface area (TPSA) is 153 Å². The highest BCUT2D eigenvalue weighted by Gasteiger charge is 2.23. The summed E-state index contributed by atoms with van der Waals surface area (Å²) in [5.41, 5.74) is 5.19. The molecule has 0 aromatic heterocycles. The van der Waals surface area contributed by atoms with Crippen molar-refractivity contribution in [1.29, 1.82) is 0 Å². The van der Waals surface area contributed by atoms with Crippen molar-refractivity contribution in [3.63, 3.8) is 0 Å². The van der Waals surface area contributed by atoms with Crippen LogP contribution in [-0.4, -0.2) is 51.4 Å². The third-order valence-electron chi connectivity index (χ3n) is 3.18. The lowest BCUT2D eigenvalue weighted by atomic mass is 10.1. The SMILES string of the molecule is CN(C(=O)NC(CCC(N)=S)C(=O)O)c1ccc(C(=O)O)c(O)c1. The molecule has 24 heavy (non-hydrogen) atoms. The number of aliphatic carboxylic acids is 1. The number of thiocarbonyl (C=S) groups is 1. The summed E-state index contributed by atoms with van der Waals surface area (Å²) >= 11 is 4.68. The maximum atomic E-state index is 12.1. The Morgan fingerprint density at radius 3 is 2.42 bits per heavy atom. The summed E-state index contributed by atoms with van der Waals surface area (Å²) in [5.74, 6) is -3.06. The van der Waals surface area contributed by atoms with Crippen LogP contribution in [0.25, 0.3) is 0 Å². The summed E-state index contributed by atoms with van der Waals surface area (Å²) in [6.07, 6.45) is 0.192. The van der Waals surface area contributed by atoms with Crippen LogP contribution in [-0.2, 0) is 4.79 Å². The molecule has 0 aliphatic heterocycles. The predicted octanol–water partition coefficient (Wildman–Crippen LogP) is 0.756. The first-order chi connectivity index (χ1) is 11.1. The number of urea groups is 1. The average molecular weight is 355 g/mol. The van der Waals surface area contributed by atoms with E-state index in [0.717, 1.165) is 17.0 Å². The van der Waals surface area contributed by atoms with Crippen LogP contribution >= 0.6 is 12.2 Å². The molecule has 2 amide bonds. The molecule has 0 aliphatic carbocycles. The highest BCUT2D eigenvalue weighted by molar-refractivity contribution is 7.80. The van der Waals surface area contributed by atoms with Crippen molar-refractivity contribution in [2.45, 2.75) is 18.9 Å². The van der Waals surface area contributed by atoms with Crippen molar-refractivity contribution >= 4 is 40.9 Å². The molecule has 1 aromatic carbocycles. The Bertz CT molecular complexity index is 678. The van der Waals surface area contributed by atoms with Crippen LogP contribution in [0.15, 0.2) is 18.2 Å². The Morgan fingerprint density at radius 2 is 1.96 bits per heavy atom. The maximum Gasteiger partial charge on any atom is 0.339 e. The summed E-state index contributed by atoms with van der Waals surface area (Å²) in [4.78, 5) is 35.3. The fraction of sp³-hybridized carbons (Fsp3) is 0.286. The molecule has 6 N–H and O–H groups in total. The predicted molar refractivity (Wildman–Crippen MR) is 89.4 cm³/mol. The van der Waals surface area contributed by atoms with Gasteiger partial charge in [-0.2, -0.15) is 0 Å². The standard InChI is InChI=1S/C14H17N3O6S/c1-17(7-2-3-8(12(19)20)10(18)6-7)14(23)16-9(13(21)22)4-5-11(15)24/h2-3,6,9,18H,4-5H2,1H3,(H2,15,24)(H,16,23)(H,19,20)(H,21,22). The van der Waals surface area contributed by atoms with Gasteiger partial charge in [0.05, 0.1) is 4.99 Å². The first kappa shape index (κ1) is 19.2. The second kappa shape index (κ2) is 8.11. The van der Waals surface area contributed by atoms with Crippen LogP contribution in [0.2, 0.25) is 0 Å². The van der Waals surface area contributed by atoms with Gasteiger partial charge in [-0.3, -0.25) is 4.90 Å². The number of phenols is 1. The Labute approximate surface area is 142 Å². The van der Waals surface area contributed by atoms with Gasteiger partial charge in [0.2, 0.25) is 0 Å². The highest BCUT2D eigenvalue weighted by atomic mass is 32.1. The van der Waals surface area contributed by atoms with Crippen LogP contribution in [0.4, 0.5) is 10.5 Å². The molecule has 10 heteroatoms. The number of aromatic hydroxyl groups is 1. The van der Waals surface area contributed by atoms with E-state index in [4.69, 9.17) is 15.9 Å². The summed E-state index contributed by atoms with van der Waals surface area (Å²) < 4.78 is 0. The highest BCUT2D eigenvalue weighted by Crippen LogP contribution is 2.24. The van der Waals surface area contributed by atoms with Crippen LogP contribution < -0.4 is 16.0 Å². The quantitative estimate of drug-likeness (QED) is 0.449. The van der Waals surface area contributed by atoms with E-state index < -0.39 is 29.8 Å². The molecule has 0 saturated carbocycles. The van der Waals surface area contributed by atoms with E-state index in [1.54, 1.807) is 0 Å². The number of carbonyl (C=O) groups is 3. The normalized spacial score (nSPS) is 11.4. The lowest BCUT2D eigenvalue weighted by Gasteiger charge is -2.21. The lowest BCUT2D eigenvalue weighted by molar-refractivity contribution is -0.139. The van der Waals surface area contributed by atoms with Gasteiger partial charge < -0.3 is 26.4 Å². The number of aromatic carboxylic acids is 1. The Balaban J connectivity index is 2.86. The van der Waals surface area contributed by atoms with E-state index in [1.165, 1.54) is 13.1 Å². The molecule has 0 radical (unpaired) electrons. The number of hydrogen-bond acceptors (Lipinski definition) is 5. The monoisotopic (exact) mass is 355 g/mol. The number of rotatable bonds is 7. The third-order valence-corrected chi connectivity index (χ3v) is 3.38. The van der Waals surface area contributed by atoms with E-state index >= 15 is 0 Å². The number of nitrogens with two attached hydrogens (primary N) is 1. The smallest absolute Gasteiger partial charge is 0.339 e. The number of amides is 2. The van der Waals surface area contributed by atoms with Gasteiger partial charge in [-0.05, 0) is 18.6 Å². The van der Waals surface area contributed by atoms with Crippen LogP contribution in [0.1, 0.15) is 23.2 Å². The van der Waals surface area contributed by atoms with Crippen molar-refractivity contribution in [3.8, 4) is 5.75 Å². The molecular formula is C14H17N3O6S. The molecule has 1 atom stereocenters. The van der Waals surface area contributed by atoms with Gasteiger partial charge in [0.1, 0.15) is 17.4 Å². The number of carbonyl (C=O) groups excluding carboxylic acids is 1. The number of hydrogen-bond donors (Lipinski definition) is 5. The second-order valence-electron chi connectivity index (χ2n) is 4.91. The van der Waals surface area contributed by atoms with Gasteiger partial charge in [0.25, 0.3) is 0 Å². The Morgan fingerprint density at radius 1 is 1.33 bits per heavy atom. The number of nitrogens with one attached hydrogen (secondary N) is 1. The summed E-state index contributed by atoms with van der Waals surface area (Å²) in [5, 5.41) is 29.9. The number of carboxylic acid groups (broad SMARTS) is 2. The Hall–Kier alpha value is -2.88. The Kier molecular flexibility index (Phi) is 6.48. The first-order valence-electron chi connectivity index (χ1n) is 6.75. The number of benzene rings is 1. The van der Waals surface area contributed by atoms with Gasteiger partial charge in [0, 0.05) is 25.2 Å². The van der Waals surface area contributed by atoms with Crippen LogP contribution in [0.3, 0.4) is 0 Å². The van der Waals surface area contributed by atoms with E-state index in [0.29, 0.717) is 0 Å². The molecular weight excluding hydrogens is 338 g/mol. The maximum absolute atomic E-state index is 12.1. The molecule has 0 heterocycles. The molecule has 130 valence electrons. The molecule has 1 aromatic rings. The summed E-state index contributed by atoms with van der Waals surface area (Å²) in [6.45, 7) is 0. The minimum Gasteiger partial charge on any atom is -0.507 e. The zero-order valence-electron chi connectivity index (χ0n) is 12.7. The molecule has 0 aliphatic rings. The van der Waals surface area contributed by atoms with Crippen molar-refractivity contribution in [1.82, 2.24) is 5.32 Å². The van der Waals surface area contributed by atoms with Crippen molar-refractivity contribution in [3.05, 3.63) is 23.8 Å². The van der Waals surface area contributed by atoms with Gasteiger partial charge in [-0.15, -0.1) is 0 Å². The fourth-order valence-electron chi connectivity index (χ4n) is 1.82. The average Bonchev–Trinajstić information content (AvgIpc) is 2.49. The third kappa shape index (κ3) is 5.09. The molecule has 9 nitrogen and oxygen atoms in total. The first-order valence-corrected chi connectivity index (χ1v) is 7.16. The largest absolute Gasteiger partial charge is 0.507 e. The molecule has 1 unspecified atom stereocenters. The van der Waals surface area contributed by atoms with E-state index in [-0.39, 0.29) is 29.1 Å². The van der Waals surface area contributed by atoms with Gasteiger partial charge in [-0.25, -0.2) is 14.4 Å². The zero-order chi connectivity index (χ0) is 18.4. The fourth-order valence-corrected chi connectivity index (χ4v) is 1.93. The van der Waals surface area contributed by atoms with Gasteiger partial charge in [0.15, 0.2) is 0 Å². The molecule has 0 spiro atoms. The minimum absolute atomic E-state index is 0.0352. The second-order valence-corrected chi connectivity index (χ2v) is 5.44. The molecule has 0 fully saturated rings. The van der Waals surface area contributed by atoms with E-state index in [9.17, 15) is 19.5 Å². The molecule has 1 rings (SSSR count). The summed E-state index contributed by atoms with van der Waals surface area (Å²) in [6, 6.07) is 1.61. The van der Waals surface area contributed by atoms with E-state index in [2.05, 4.69) is 17.5 Å². The van der Waals surface area contributed by atoms with Gasteiger partial charge in [-0.1, -0.05) is 12.2 Å². The zero-order valence-corrected chi connectivity index (χ0v) is 13.5. The van der Waals surface area contributed by atoms with Gasteiger partial charge >= 0.3 is 18.0 Å². The molecule has 0 bridgehead atoms. The summed E-state index contributed by atoms with van der Waals surface area (Å²) in [7, 11) is 1.34. The van der Waals surface area contributed by atoms with Crippen molar-refractivity contribution in [2.24, 2.45) is 5.73 Å². The molecule has 0 saturated heterocycles. The van der Waals surface area contributed by atoms with Crippen molar-refractivity contribution < 1.29 is 29.7 Å². The number of nitrogens with zero attached hydrogens (tertiary/aromatic N) is 1.